The van der Waals surface area contributed by atoms with Gasteiger partial charge in [-0.05, 0) is 12.8 Å². The number of carbonyl (C=O) groups is 1. The van der Waals surface area contributed by atoms with Crippen molar-refractivity contribution in [1.82, 2.24) is 5.32 Å². The average molecular weight is 387 g/mol. The van der Waals surface area contributed by atoms with Crippen LogP contribution in [0.5, 0.6) is 0 Å². The summed E-state index contributed by atoms with van der Waals surface area (Å²) in [7, 11) is -5.78. The molecule has 0 radical (unpaired) electrons. The summed E-state index contributed by atoms with van der Waals surface area (Å²) in [6, 6.07) is -1.03. The van der Waals surface area contributed by atoms with Gasteiger partial charge < -0.3 is 14.8 Å². The molecule has 1 aliphatic heterocycles. The lowest BCUT2D eigenvalue weighted by Gasteiger charge is -2.34. The largest absolute Gasteiger partial charge is 0.523 e. The second kappa shape index (κ2) is 6.36. The molecule has 1 spiro atoms. The van der Waals surface area contributed by atoms with Gasteiger partial charge in [0.25, 0.3) is 0 Å². The Balaban J connectivity index is 1.78. The van der Waals surface area contributed by atoms with E-state index in [2.05, 4.69) is 9.50 Å². The first-order valence-electron chi connectivity index (χ1n) is 8.15. The number of hydrogen-bond acceptors (Lipinski definition) is 6. The number of fused-ring (bicyclic) bond motifs is 1. The Bertz CT molecular complexity index is 631. The van der Waals surface area contributed by atoms with E-state index < -0.39 is 51.7 Å². The smallest absolute Gasteiger partial charge is 0.348 e. The quantitative estimate of drug-likeness (QED) is 0.584. The second-order valence-corrected chi connectivity index (χ2v) is 8.27. The highest BCUT2D eigenvalue weighted by Gasteiger charge is 2.59. The van der Waals surface area contributed by atoms with Gasteiger partial charge in [0.2, 0.25) is 5.91 Å². The van der Waals surface area contributed by atoms with Gasteiger partial charge >= 0.3 is 15.6 Å². The first-order chi connectivity index (χ1) is 11.5. The minimum atomic E-state index is -5.78. The van der Waals surface area contributed by atoms with Crippen molar-refractivity contribution in [2.45, 2.75) is 81.1 Å². The van der Waals surface area contributed by atoms with Gasteiger partial charge in [0.05, 0.1) is 12.1 Å². The summed E-state index contributed by atoms with van der Waals surface area (Å²) in [6.45, 7) is 1.19. The van der Waals surface area contributed by atoms with E-state index in [0.717, 1.165) is 19.3 Å². The van der Waals surface area contributed by atoms with Crippen molar-refractivity contribution in [2.75, 3.05) is 0 Å². The number of ether oxygens (including phenoxy) is 2. The number of rotatable bonds is 3. The Labute approximate surface area is 143 Å². The van der Waals surface area contributed by atoms with E-state index in [4.69, 9.17) is 9.47 Å². The number of carbonyl (C=O) groups excluding carboxylic acids is 1. The third-order valence-corrected chi connectivity index (χ3v) is 5.89. The Morgan fingerprint density at radius 3 is 2.40 bits per heavy atom. The monoisotopic (exact) mass is 387 g/mol. The molecule has 0 aromatic rings. The molecular formula is C14H20F3NO6S. The molecule has 3 fully saturated rings. The third kappa shape index (κ3) is 3.64. The number of hydrogen-bond donors (Lipinski definition) is 1. The molecule has 0 aromatic carbocycles. The molecule has 11 heteroatoms. The SMILES string of the molecule is CC(=O)N[C@H]1[C@H]2OC3(CCCCC3)O[C@H]2C[C@H]1OS(=O)(=O)C(F)(F)F. The van der Waals surface area contributed by atoms with Gasteiger partial charge in [-0.15, -0.1) is 0 Å². The molecule has 1 saturated heterocycles. The Morgan fingerprint density at radius 2 is 1.84 bits per heavy atom. The number of halogens is 3. The standard InChI is InChI=1S/C14H20F3NO6S/c1-8(19)18-11-9(24-25(20,21)14(15,16)17)7-10-12(11)23-13(22-10)5-3-2-4-6-13/h9-12H,2-7H2,1H3,(H,18,19)/t9-,10+,11-,12+/m1/s1. The predicted molar refractivity (Wildman–Crippen MR) is 77.6 cm³/mol. The molecule has 7 nitrogen and oxygen atoms in total. The fourth-order valence-electron chi connectivity index (χ4n) is 3.82. The van der Waals surface area contributed by atoms with E-state index in [0.29, 0.717) is 12.8 Å². The lowest BCUT2D eigenvalue weighted by molar-refractivity contribution is -0.204. The minimum absolute atomic E-state index is 0.104. The van der Waals surface area contributed by atoms with Crippen LogP contribution in [0.25, 0.3) is 0 Å². The second-order valence-electron chi connectivity index (χ2n) is 6.71. The number of alkyl halides is 3. The van der Waals surface area contributed by atoms with Crippen LogP contribution in [-0.4, -0.2) is 50.0 Å². The van der Waals surface area contributed by atoms with E-state index in [1.165, 1.54) is 6.92 Å². The van der Waals surface area contributed by atoms with Crippen molar-refractivity contribution in [3.05, 3.63) is 0 Å². The van der Waals surface area contributed by atoms with Crippen molar-refractivity contribution in [1.29, 1.82) is 0 Å². The maximum atomic E-state index is 12.6. The van der Waals surface area contributed by atoms with Crippen LogP contribution in [0, 0.1) is 0 Å². The van der Waals surface area contributed by atoms with E-state index in [1.54, 1.807) is 0 Å². The normalized spacial score (nSPS) is 34.9. The molecule has 144 valence electrons. The predicted octanol–water partition coefficient (Wildman–Crippen LogP) is 1.57. The molecule has 0 bridgehead atoms. The van der Waals surface area contributed by atoms with Crippen molar-refractivity contribution < 1.29 is 40.0 Å². The maximum absolute atomic E-state index is 12.6. The molecule has 3 rings (SSSR count). The highest BCUT2D eigenvalue weighted by Crippen LogP contribution is 2.46. The third-order valence-electron chi connectivity index (χ3n) is 4.82. The highest BCUT2D eigenvalue weighted by atomic mass is 32.2. The summed E-state index contributed by atoms with van der Waals surface area (Å²) >= 11 is 0. The molecule has 3 aliphatic rings. The zero-order chi connectivity index (χ0) is 18.5. The maximum Gasteiger partial charge on any atom is 0.523 e. The van der Waals surface area contributed by atoms with Gasteiger partial charge in [-0.1, -0.05) is 6.42 Å². The molecule has 1 N–H and O–H groups in total. The summed E-state index contributed by atoms with van der Waals surface area (Å²) in [4.78, 5) is 11.4. The van der Waals surface area contributed by atoms with Gasteiger partial charge in [-0.3, -0.25) is 8.98 Å². The molecule has 1 heterocycles. The van der Waals surface area contributed by atoms with Crippen LogP contribution in [0.1, 0.15) is 45.4 Å². The van der Waals surface area contributed by atoms with E-state index >= 15 is 0 Å². The summed E-state index contributed by atoms with van der Waals surface area (Å²) in [5, 5.41) is 2.46. The highest BCUT2D eigenvalue weighted by molar-refractivity contribution is 7.87. The van der Waals surface area contributed by atoms with E-state index in [9.17, 15) is 26.4 Å². The van der Waals surface area contributed by atoms with Crippen LogP contribution >= 0.6 is 0 Å². The van der Waals surface area contributed by atoms with Gasteiger partial charge in [-0.2, -0.15) is 21.6 Å². The fourth-order valence-corrected chi connectivity index (χ4v) is 4.45. The summed E-state index contributed by atoms with van der Waals surface area (Å²) < 4.78 is 76.6. The Kier molecular flexibility index (Phi) is 4.80. The van der Waals surface area contributed by atoms with E-state index in [1.807, 2.05) is 0 Å². The number of nitrogens with one attached hydrogen (secondary N) is 1. The van der Waals surface area contributed by atoms with Crippen LogP contribution in [0.4, 0.5) is 13.2 Å². The fraction of sp³-hybridized carbons (Fsp3) is 0.929. The van der Waals surface area contributed by atoms with Gasteiger partial charge in [0.1, 0.15) is 12.2 Å². The van der Waals surface area contributed by atoms with Crippen LogP contribution in [0.3, 0.4) is 0 Å². The Hall–Kier alpha value is -0.910. The van der Waals surface area contributed by atoms with Crippen molar-refractivity contribution in [3.63, 3.8) is 0 Å². The summed E-state index contributed by atoms with van der Waals surface area (Å²) in [6.07, 6.45) is 1.34. The first kappa shape index (κ1) is 18.9. The molecule has 2 aliphatic carbocycles. The molecule has 25 heavy (non-hydrogen) atoms. The lowest BCUT2D eigenvalue weighted by Crippen LogP contribution is -2.50. The molecule has 1 amide bonds. The zero-order valence-electron chi connectivity index (χ0n) is 13.5. The molecule has 0 aromatic heterocycles. The number of amides is 1. The molecular weight excluding hydrogens is 367 g/mol. The van der Waals surface area contributed by atoms with Crippen LogP contribution in [0.15, 0.2) is 0 Å². The van der Waals surface area contributed by atoms with E-state index in [-0.39, 0.29) is 6.42 Å². The molecule has 0 unspecified atom stereocenters. The first-order valence-corrected chi connectivity index (χ1v) is 9.56. The summed E-state index contributed by atoms with van der Waals surface area (Å²) in [5.74, 6) is -1.31. The zero-order valence-corrected chi connectivity index (χ0v) is 14.4. The van der Waals surface area contributed by atoms with Crippen molar-refractivity contribution >= 4 is 16.0 Å². The van der Waals surface area contributed by atoms with Crippen molar-refractivity contribution in [2.24, 2.45) is 0 Å². The van der Waals surface area contributed by atoms with Gasteiger partial charge in [0, 0.05) is 26.2 Å². The Morgan fingerprint density at radius 1 is 1.20 bits per heavy atom. The lowest BCUT2D eigenvalue weighted by atomic mass is 9.94. The molecule has 2 saturated carbocycles. The minimum Gasteiger partial charge on any atom is -0.348 e. The van der Waals surface area contributed by atoms with Gasteiger partial charge in [-0.25, -0.2) is 0 Å². The van der Waals surface area contributed by atoms with Crippen molar-refractivity contribution in [3.8, 4) is 0 Å². The molecule has 4 atom stereocenters. The topological polar surface area (TPSA) is 90.9 Å². The van der Waals surface area contributed by atoms with Crippen LogP contribution in [-0.2, 0) is 28.6 Å². The van der Waals surface area contributed by atoms with Crippen LogP contribution < -0.4 is 5.32 Å². The summed E-state index contributed by atoms with van der Waals surface area (Å²) in [5.41, 5.74) is -5.53. The van der Waals surface area contributed by atoms with Crippen LogP contribution in [0.2, 0.25) is 0 Å². The average Bonchev–Trinajstić information content (AvgIpc) is 2.94. The van der Waals surface area contributed by atoms with Gasteiger partial charge in [0.15, 0.2) is 5.79 Å².